The Hall–Kier alpha value is -1.28. The second-order valence-electron chi connectivity index (χ2n) is 5.59. The van der Waals surface area contributed by atoms with E-state index >= 15 is 0 Å². The molecular weight excluding hydrogens is 369 g/mol. The Bertz CT molecular complexity index is 705. The second kappa shape index (κ2) is 8.71. The van der Waals surface area contributed by atoms with Crippen LogP contribution in [0, 0.1) is 5.92 Å². The minimum absolute atomic E-state index is 0. The van der Waals surface area contributed by atoms with Crippen LogP contribution in [0.3, 0.4) is 0 Å². The predicted octanol–water partition coefficient (Wildman–Crippen LogP) is 2.98. The van der Waals surface area contributed by atoms with Gasteiger partial charge >= 0.3 is 0 Å². The molecule has 0 spiro atoms. The monoisotopic (exact) mass is 387 g/mol. The van der Waals surface area contributed by atoms with Crippen LogP contribution in [0.5, 0.6) is 0 Å². The zero-order chi connectivity index (χ0) is 16.2. The molecule has 2 N–H and O–H groups in total. The van der Waals surface area contributed by atoms with E-state index in [1.165, 1.54) is 24.6 Å². The molecule has 1 saturated carbocycles. The first-order chi connectivity index (χ1) is 11.1. The standard InChI is InChI=1S/C15H18ClN5OS.ClH/c1-21-9-18-20-15(21)23-13-5-4-11(6-12(13)16)19-14(22)8-17-7-10-2-3-10;/h4-6,9-10,17H,2-3,7-8H2,1H3,(H,19,22);1H. The van der Waals surface area contributed by atoms with Gasteiger partial charge in [-0.1, -0.05) is 11.6 Å². The summed E-state index contributed by atoms with van der Waals surface area (Å²) in [6.07, 6.45) is 4.18. The lowest BCUT2D eigenvalue weighted by Gasteiger charge is -2.09. The van der Waals surface area contributed by atoms with Gasteiger partial charge in [0.15, 0.2) is 5.16 Å². The molecule has 1 fully saturated rings. The third kappa shape index (κ3) is 5.37. The number of nitrogens with zero attached hydrogens (tertiary/aromatic N) is 3. The summed E-state index contributed by atoms with van der Waals surface area (Å²) in [6.45, 7) is 1.24. The summed E-state index contributed by atoms with van der Waals surface area (Å²) in [5.74, 6) is 0.699. The maximum absolute atomic E-state index is 11.9. The van der Waals surface area contributed by atoms with Crippen LogP contribution in [0.15, 0.2) is 34.6 Å². The summed E-state index contributed by atoms with van der Waals surface area (Å²) in [4.78, 5) is 12.7. The first-order valence-electron chi connectivity index (χ1n) is 7.44. The molecule has 0 aliphatic heterocycles. The Kier molecular flexibility index (Phi) is 6.91. The molecular formula is C15H19Cl2N5OS. The number of nitrogens with one attached hydrogen (secondary N) is 2. The molecule has 0 radical (unpaired) electrons. The van der Waals surface area contributed by atoms with Gasteiger partial charge in [-0.3, -0.25) is 4.79 Å². The van der Waals surface area contributed by atoms with Gasteiger partial charge in [0, 0.05) is 17.6 Å². The number of aryl methyl sites for hydroxylation is 1. The number of halogens is 2. The third-order valence-electron chi connectivity index (χ3n) is 3.50. The number of anilines is 1. The average molecular weight is 388 g/mol. The molecule has 6 nitrogen and oxygen atoms in total. The van der Waals surface area contributed by atoms with Gasteiger partial charge in [-0.2, -0.15) is 0 Å². The van der Waals surface area contributed by atoms with E-state index < -0.39 is 0 Å². The van der Waals surface area contributed by atoms with E-state index in [-0.39, 0.29) is 18.3 Å². The molecule has 0 atom stereocenters. The molecule has 1 aromatic carbocycles. The van der Waals surface area contributed by atoms with Gasteiger partial charge < -0.3 is 15.2 Å². The van der Waals surface area contributed by atoms with Crippen LogP contribution in [0.2, 0.25) is 5.02 Å². The summed E-state index contributed by atoms with van der Waals surface area (Å²) in [6, 6.07) is 5.46. The van der Waals surface area contributed by atoms with Crippen molar-refractivity contribution < 1.29 is 4.79 Å². The molecule has 3 rings (SSSR count). The van der Waals surface area contributed by atoms with Crippen LogP contribution in [-0.2, 0) is 11.8 Å². The molecule has 9 heteroatoms. The van der Waals surface area contributed by atoms with Crippen molar-refractivity contribution in [2.24, 2.45) is 13.0 Å². The molecule has 1 heterocycles. The molecule has 2 aromatic rings. The molecule has 1 aliphatic rings. The van der Waals surface area contributed by atoms with Crippen LogP contribution in [-0.4, -0.2) is 33.8 Å². The molecule has 0 unspecified atom stereocenters. The largest absolute Gasteiger partial charge is 0.325 e. The normalized spacial score (nSPS) is 13.4. The van der Waals surface area contributed by atoms with Crippen molar-refractivity contribution in [2.75, 3.05) is 18.4 Å². The maximum Gasteiger partial charge on any atom is 0.238 e. The van der Waals surface area contributed by atoms with Crippen molar-refractivity contribution >= 4 is 47.4 Å². The van der Waals surface area contributed by atoms with Crippen LogP contribution in [0.1, 0.15) is 12.8 Å². The second-order valence-corrected chi connectivity index (χ2v) is 7.01. The van der Waals surface area contributed by atoms with Gasteiger partial charge in [-0.05, 0) is 55.3 Å². The summed E-state index contributed by atoms with van der Waals surface area (Å²) >= 11 is 7.72. The minimum atomic E-state index is -0.0598. The quantitative estimate of drug-likeness (QED) is 0.763. The fourth-order valence-corrected chi connectivity index (χ4v) is 3.11. The molecule has 0 saturated heterocycles. The van der Waals surface area contributed by atoms with E-state index in [0.717, 1.165) is 22.5 Å². The Morgan fingerprint density at radius 2 is 2.25 bits per heavy atom. The number of aromatic nitrogens is 3. The van der Waals surface area contributed by atoms with E-state index in [9.17, 15) is 4.79 Å². The Labute approximate surface area is 156 Å². The summed E-state index contributed by atoms with van der Waals surface area (Å²) in [7, 11) is 1.87. The molecule has 1 amide bonds. The van der Waals surface area contributed by atoms with Crippen molar-refractivity contribution in [3.8, 4) is 0 Å². The number of carbonyl (C=O) groups excluding carboxylic acids is 1. The zero-order valence-electron chi connectivity index (χ0n) is 13.2. The molecule has 0 bridgehead atoms. The van der Waals surface area contributed by atoms with Gasteiger partial charge in [-0.15, -0.1) is 22.6 Å². The lowest BCUT2D eigenvalue weighted by Crippen LogP contribution is -2.29. The van der Waals surface area contributed by atoms with Gasteiger partial charge in [0.25, 0.3) is 0 Å². The topological polar surface area (TPSA) is 71.8 Å². The molecule has 1 aliphatic carbocycles. The van der Waals surface area contributed by atoms with Crippen molar-refractivity contribution in [2.45, 2.75) is 22.9 Å². The third-order valence-corrected chi connectivity index (χ3v) is 5.06. The highest BCUT2D eigenvalue weighted by Gasteiger charge is 2.20. The number of hydrogen-bond donors (Lipinski definition) is 2. The average Bonchev–Trinajstić information content (AvgIpc) is 3.24. The lowest BCUT2D eigenvalue weighted by atomic mass is 10.3. The van der Waals surface area contributed by atoms with E-state index in [4.69, 9.17) is 11.6 Å². The number of amides is 1. The van der Waals surface area contributed by atoms with Crippen LogP contribution >= 0.6 is 35.8 Å². The summed E-state index contributed by atoms with van der Waals surface area (Å²) in [5, 5.41) is 15.2. The van der Waals surface area contributed by atoms with E-state index in [2.05, 4.69) is 20.8 Å². The Morgan fingerprint density at radius 1 is 1.46 bits per heavy atom. The highest BCUT2D eigenvalue weighted by Crippen LogP contribution is 2.33. The maximum atomic E-state index is 11.9. The van der Waals surface area contributed by atoms with E-state index in [0.29, 0.717) is 17.3 Å². The van der Waals surface area contributed by atoms with Crippen molar-refractivity contribution in [1.82, 2.24) is 20.1 Å². The van der Waals surface area contributed by atoms with E-state index in [1.54, 1.807) is 12.4 Å². The number of hydrogen-bond acceptors (Lipinski definition) is 5. The van der Waals surface area contributed by atoms with Gasteiger partial charge in [0.05, 0.1) is 11.6 Å². The Morgan fingerprint density at radius 3 is 2.88 bits per heavy atom. The SMILES string of the molecule is Cl.Cn1cnnc1Sc1ccc(NC(=O)CNCC2CC2)cc1Cl. The first kappa shape index (κ1) is 19.1. The zero-order valence-corrected chi connectivity index (χ0v) is 15.5. The van der Waals surface area contributed by atoms with Crippen LogP contribution in [0.4, 0.5) is 5.69 Å². The molecule has 1 aromatic heterocycles. The predicted molar refractivity (Wildman–Crippen MR) is 98.0 cm³/mol. The Balaban J connectivity index is 0.00000208. The highest BCUT2D eigenvalue weighted by molar-refractivity contribution is 7.99. The van der Waals surface area contributed by atoms with Crippen molar-refractivity contribution in [3.05, 3.63) is 29.5 Å². The van der Waals surface area contributed by atoms with Crippen molar-refractivity contribution in [3.63, 3.8) is 0 Å². The summed E-state index contributed by atoms with van der Waals surface area (Å²) in [5.41, 5.74) is 0.690. The molecule has 24 heavy (non-hydrogen) atoms. The highest BCUT2D eigenvalue weighted by atomic mass is 35.5. The minimum Gasteiger partial charge on any atom is -0.325 e. The van der Waals surface area contributed by atoms with Gasteiger partial charge in [0.1, 0.15) is 6.33 Å². The van der Waals surface area contributed by atoms with Crippen LogP contribution < -0.4 is 10.6 Å². The van der Waals surface area contributed by atoms with Gasteiger partial charge in [0.2, 0.25) is 5.91 Å². The van der Waals surface area contributed by atoms with Crippen molar-refractivity contribution in [1.29, 1.82) is 0 Å². The molecule has 130 valence electrons. The summed E-state index contributed by atoms with van der Waals surface area (Å²) < 4.78 is 1.82. The fraction of sp³-hybridized carbons (Fsp3) is 0.400. The smallest absolute Gasteiger partial charge is 0.238 e. The number of rotatable bonds is 7. The van der Waals surface area contributed by atoms with Crippen LogP contribution in [0.25, 0.3) is 0 Å². The fourth-order valence-electron chi connectivity index (χ4n) is 2.04. The van der Waals surface area contributed by atoms with Gasteiger partial charge in [-0.25, -0.2) is 0 Å². The first-order valence-corrected chi connectivity index (χ1v) is 8.63. The number of carbonyl (C=O) groups is 1. The lowest BCUT2D eigenvalue weighted by molar-refractivity contribution is -0.115. The number of benzene rings is 1. The van der Waals surface area contributed by atoms with E-state index in [1.807, 2.05) is 23.7 Å².